The van der Waals surface area contributed by atoms with Crippen LogP contribution in [0.5, 0.6) is 0 Å². The van der Waals surface area contributed by atoms with E-state index in [2.05, 4.69) is 20.6 Å². The topological polar surface area (TPSA) is 104 Å². The lowest BCUT2D eigenvalue weighted by molar-refractivity contribution is -0.123. The Morgan fingerprint density at radius 2 is 1.94 bits per heavy atom. The number of carbonyl (C=O) groups excluding carboxylic acids is 2. The number of nitrogens with zero attached hydrogens (tertiary/aromatic N) is 1. The SMILES string of the molecule is O=C1CC(C(=O)Nc2ccc(Cl)cc2)c2c(nc(SCc3ccccc3F)[nH]c2=O)N1. The average Bonchev–Trinajstić information content (AvgIpc) is 2.74. The van der Waals surface area contributed by atoms with Crippen LogP contribution in [0.2, 0.25) is 5.02 Å². The second-order valence-electron chi connectivity index (χ2n) is 6.81. The van der Waals surface area contributed by atoms with Crippen molar-refractivity contribution in [2.45, 2.75) is 23.2 Å². The molecule has 3 N–H and O–H groups in total. The first-order valence-electron chi connectivity index (χ1n) is 9.27. The van der Waals surface area contributed by atoms with Gasteiger partial charge in [0.2, 0.25) is 11.8 Å². The van der Waals surface area contributed by atoms with Crippen LogP contribution in [0.15, 0.2) is 58.5 Å². The third kappa shape index (κ3) is 4.78. The van der Waals surface area contributed by atoms with Crippen molar-refractivity contribution < 1.29 is 14.0 Å². The van der Waals surface area contributed by atoms with Gasteiger partial charge in [0.1, 0.15) is 11.6 Å². The highest BCUT2D eigenvalue weighted by Crippen LogP contribution is 2.31. The molecule has 10 heteroatoms. The number of aromatic amines is 1. The molecule has 158 valence electrons. The molecule has 0 aliphatic carbocycles. The van der Waals surface area contributed by atoms with Crippen molar-refractivity contribution in [1.82, 2.24) is 9.97 Å². The molecular formula is C21H16ClFN4O3S. The van der Waals surface area contributed by atoms with Gasteiger partial charge in [-0.15, -0.1) is 0 Å². The summed E-state index contributed by atoms with van der Waals surface area (Å²) in [6, 6.07) is 12.8. The normalized spacial score (nSPS) is 15.2. The lowest BCUT2D eigenvalue weighted by Crippen LogP contribution is -2.36. The zero-order valence-electron chi connectivity index (χ0n) is 15.9. The smallest absolute Gasteiger partial charge is 0.257 e. The molecule has 0 saturated carbocycles. The van der Waals surface area contributed by atoms with E-state index in [1.165, 1.54) is 6.07 Å². The fourth-order valence-corrected chi connectivity index (χ4v) is 4.14. The van der Waals surface area contributed by atoms with Crippen molar-refractivity contribution in [2.75, 3.05) is 10.6 Å². The van der Waals surface area contributed by atoms with E-state index < -0.39 is 23.3 Å². The fraction of sp³-hybridized carbons (Fsp3) is 0.143. The molecule has 1 atom stereocenters. The third-order valence-corrected chi connectivity index (χ3v) is 5.85. The van der Waals surface area contributed by atoms with Crippen LogP contribution in [-0.4, -0.2) is 21.8 Å². The van der Waals surface area contributed by atoms with Crippen LogP contribution < -0.4 is 16.2 Å². The Balaban J connectivity index is 1.58. The second-order valence-corrected chi connectivity index (χ2v) is 8.21. The number of benzene rings is 2. The molecule has 0 fully saturated rings. The summed E-state index contributed by atoms with van der Waals surface area (Å²) >= 11 is 6.97. The van der Waals surface area contributed by atoms with Crippen LogP contribution in [0.25, 0.3) is 0 Å². The fourth-order valence-electron chi connectivity index (χ4n) is 3.17. The molecule has 3 aromatic rings. The molecule has 0 saturated heterocycles. The first-order valence-corrected chi connectivity index (χ1v) is 10.6. The molecule has 1 unspecified atom stereocenters. The molecule has 31 heavy (non-hydrogen) atoms. The van der Waals surface area contributed by atoms with Gasteiger partial charge in [0.15, 0.2) is 5.16 Å². The number of hydrogen-bond acceptors (Lipinski definition) is 5. The Labute approximate surface area is 185 Å². The number of anilines is 2. The Morgan fingerprint density at radius 3 is 2.68 bits per heavy atom. The number of H-pyrrole nitrogens is 1. The molecule has 7 nitrogen and oxygen atoms in total. The number of fused-ring (bicyclic) bond motifs is 1. The Kier molecular flexibility index (Phi) is 6.06. The number of halogens is 2. The minimum absolute atomic E-state index is 0.0345. The van der Waals surface area contributed by atoms with Gasteiger partial charge in [0.25, 0.3) is 5.56 Å². The van der Waals surface area contributed by atoms with Crippen molar-refractivity contribution in [3.05, 3.63) is 80.9 Å². The minimum Gasteiger partial charge on any atom is -0.326 e. The number of carbonyl (C=O) groups is 2. The van der Waals surface area contributed by atoms with Crippen LogP contribution in [0.3, 0.4) is 0 Å². The van der Waals surface area contributed by atoms with Crippen LogP contribution in [0.1, 0.15) is 23.5 Å². The molecular weight excluding hydrogens is 443 g/mol. The molecule has 0 bridgehead atoms. The summed E-state index contributed by atoms with van der Waals surface area (Å²) in [5.41, 5.74) is 0.499. The van der Waals surface area contributed by atoms with E-state index in [-0.39, 0.29) is 34.5 Å². The summed E-state index contributed by atoms with van der Waals surface area (Å²) in [5.74, 6) is -2.01. The Hall–Kier alpha value is -3.17. The zero-order chi connectivity index (χ0) is 22.0. The van der Waals surface area contributed by atoms with Gasteiger partial charge < -0.3 is 15.6 Å². The van der Waals surface area contributed by atoms with Gasteiger partial charge in [-0.1, -0.05) is 41.6 Å². The average molecular weight is 459 g/mol. The summed E-state index contributed by atoms with van der Waals surface area (Å²) in [6.45, 7) is 0. The van der Waals surface area contributed by atoms with Crippen LogP contribution >= 0.6 is 23.4 Å². The molecule has 0 spiro atoms. The summed E-state index contributed by atoms with van der Waals surface area (Å²) in [5, 5.41) is 5.97. The maximum Gasteiger partial charge on any atom is 0.257 e. The van der Waals surface area contributed by atoms with Crippen molar-refractivity contribution in [3.63, 3.8) is 0 Å². The summed E-state index contributed by atoms with van der Waals surface area (Å²) < 4.78 is 13.8. The highest BCUT2D eigenvalue weighted by Gasteiger charge is 2.34. The van der Waals surface area contributed by atoms with E-state index in [0.717, 1.165) is 11.8 Å². The molecule has 2 amide bonds. The van der Waals surface area contributed by atoms with Crippen LogP contribution in [0, 0.1) is 5.82 Å². The maximum absolute atomic E-state index is 13.8. The van der Waals surface area contributed by atoms with E-state index in [9.17, 15) is 18.8 Å². The van der Waals surface area contributed by atoms with Crippen LogP contribution in [0.4, 0.5) is 15.9 Å². The van der Waals surface area contributed by atoms with Crippen LogP contribution in [-0.2, 0) is 15.3 Å². The van der Waals surface area contributed by atoms with Crippen molar-refractivity contribution >= 4 is 46.7 Å². The number of rotatable bonds is 5. The molecule has 1 aromatic heterocycles. The minimum atomic E-state index is -0.999. The summed E-state index contributed by atoms with van der Waals surface area (Å²) in [4.78, 5) is 44.6. The van der Waals surface area contributed by atoms with E-state index in [1.54, 1.807) is 42.5 Å². The molecule has 1 aliphatic heterocycles. The lowest BCUT2D eigenvalue weighted by Gasteiger charge is -2.23. The van der Waals surface area contributed by atoms with Gasteiger partial charge in [0.05, 0.1) is 11.5 Å². The summed E-state index contributed by atoms with van der Waals surface area (Å²) in [7, 11) is 0. The first-order chi connectivity index (χ1) is 14.9. The van der Waals surface area contributed by atoms with Crippen molar-refractivity contribution in [1.29, 1.82) is 0 Å². The van der Waals surface area contributed by atoms with Crippen molar-refractivity contribution in [3.8, 4) is 0 Å². The molecule has 2 heterocycles. The highest BCUT2D eigenvalue weighted by molar-refractivity contribution is 7.98. The monoisotopic (exact) mass is 458 g/mol. The largest absolute Gasteiger partial charge is 0.326 e. The third-order valence-electron chi connectivity index (χ3n) is 4.68. The Morgan fingerprint density at radius 1 is 1.19 bits per heavy atom. The van der Waals surface area contributed by atoms with Gasteiger partial charge in [-0.3, -0.25) is 14.4 Å². The number of hydrogen-bond donors (Lipinski definition) is 3. The number of thioether (sulfide) groups is 1. The van der Waals surface area contributed by atoms with E-state index in [4.69, 9.17) is 11.6 Å². The van der Waals surface area contributed by atoms with Gasteiger partial charge in [-0.2, -0.15) is 0 Å². The van der Waals surface area contributed by atoms with E-state index in [1.807, 2.05) is 0 Å². The second kappa shape index (κ2) is 8.91. The molecule has 1 aliphatic rings. The Bertz CT molecular complexity index is 1220. The van der Waals surface area contributed by atoms with Gasteiger partial charge in [-0.25, -0.2) is 9.37 Å². The van der Waals surface area contributed by atoms with Gasteiger partial charge in [0, 0.05) is 22.9 Å². The first kappa shape index (κ1) is 21.1. The highest BCUT2D eigenvalue weighted by atomic mass is 35.5. The van der Waals surface area contributed by atoms with Crippen molar-refractivity contribution in [2.24, 2.45) is 0 Å². The zero-order valence-corrected chi connectivity index (χ0v) is 17.5. The quantitative estimate of drug-likeness (QED) is 0.397. The lowest BCUT2D eigenvalue weighted by atomic mass is 9.92. The van der Waals surface area contributed by atoms with E-state index >= 15 is 0 Å². The predicted octanol–water partition coefficient (Wildman–Crippen LogP) is 3.92. The van der Waals surface area contributed by atoms with Gasteiger partial charge >= 0.3 is 0 Å². The molecule has 2 aromatic carbocycles. The number of amides is 2. The van der Waals surface area contributed by atoms with E-state index in [0.29, 0.717) is 16.3 Å². The standard InChI is InChI=1S/C21H16ClFN4O3S/c22-12-5-7-13(8-6-12)24-19(29)14-9-16(28)25-18-17(14)20(30)27-21(26-18)31-10-11-3-1-2-4-15(11)23/h1-8,14H,9-10H2,(H,24,29)(H2,25,26,27,28,30). The molecule has 0 radical (unpaired) electrons. The summed E-state index contributed by atoms with van der Waals surface area (Å²) in [6.07, 6.45) is -0.182. The van der Waals surface area contributed by atoms with Gasteiger partial charge in [-0.05, 0) is 35.9 Å². The maximum atomic E-state index is 13.8. The number of nitrogens with one attached hydrogen (secondary N) is 3. The number of aromatic nitrogens is 2. The predicted molar refractivity (Wildman–Crippen MR) is 117 cm³/mol. The molecule has 4 rings (SSSR count).